The summed E-state index contributed by atoms with van der Waals surface area (Å²) in [5, 5.41) is 3.86. The van der Waals surface area contributed by atoms with Crippen molar-refractivity contribution in [3.05, 3.63) is 47.0 Å². The molecule has 39 heavy (non-hydrogen) atoms. The average molecular weight is 553 g/mol. The van der Waals surface area contributed by atoms with Crippen molar-refractivity contribution in [1.82, 2.24) is 20.1 Å². The van der Waals surface area contributed by atoms with Crippen LogP contribution in [0.4, 0.5) is 0 Å². The molecule has 0 unspecified atom stereocenters. The average Bonchev–Trinajstić information content (AvgIpc) is 3.53. The number of piperidine rings is 2. The molecule has 3 aromatic rings. The van der Waals surface area contributed by atoms with Crippen LogP contribution in [0.1, 0.15) is 53.6 Å². The van der Waals surface area contributed by atoms with Gasteiger partial charge in [0.25, 0.3) is 5.91 Å². The summed E-state index contributed by atoms with van der Waals surface area (Å²) >= 11 is 0. The summed E-state index contributed by atoms with van der Waals surface area (Å²) in [6.45, 7) is 5.87. The number of H-pyrrole nitrogens is 1. The third-order valence-corrected chi connectivity index (χ3v) is 8.77. The topological polar surface area (TPSA) is 104 Å². The van der Waals surface area contributed by atoms with Crippen molar-refractivity contribution in [2.24, 2.45) is 0 Å². The molecular formula is C29H36N4O5S. The van der Waals surface area contributed by atoms with Crippen molar-refractivity contribution in [3.8, 4) is 22.8 Å². The quantitative estimate of drug-likeness (QED) is 0.429. The van der Waals surface area contributed by atoms with E-state index in [1.165, 1.54) is 57.9 Å². The number of nitrogens with one attached hydrogen (secondary N) is 2. The number of carbonyl (C=O) groups is 1. The Morgan fingerprint density at radius 2 is 1.79 bits per heavy atom. The molecule has 1 amide bonds. The molecule has 2 fully saturated rings. The van der Waals surface area contributed by atoms with E-state index in [4.69, 9.17) is 8.92 Å². The van der Waals surface area contributed by atoms with E-state index in [2.05, 4.69) is 38.3 Å². The van der Waals surface area contributed by atoms with E-state index in [1.807, 2.05) is 6.07 Å². The molecule has 9 nitrogen and oxygen atoms in total. The molecular weight excluding hydrogens is 516 g/mol. The minimum absolute atomic E-state index is 0.0551. The van der Waals surface area contributed by atoms with Gasteiger partial charge in [0.05, 0.1) is 18.9 Å². The molecule has 0 bridgehead atoms. The number of likely N-dealkylation sites (tertiary alicyclic amines) is 2. The van der Waals surface area contributed by atoms with Crippen LogP contribution >= 0.6 is 0 Å². The van der Waals surface area contributed by atoms with Gasteiger partial charge in [0, 0.05) is 46.9 Å². The molecule has 10 heteroatoms. The van der Waals surface area contributed by atoms with Gasteiger partial charge in [-0.1, -0.05) is 12.5 Å². The van der Waals surface area contributed by atoms with Crippen LogP contribution in [0.5, 0.6) is 11.5 Å². The number of aromatic amines is 1. The summed E-state index contributed by atoms with van der Waals surface area (Å²) in [7, 11) is -2.35. The first-order valence-electron chi connectivity index (χ1n) is 13.8. The van der Waals surface area contributed by atoms with E-state index < -0.39 is 10.1 Å². The highest BCUT2D eigenvalue weighted by Gasteiger charge is 2.32. The first kappa shape index (κ1) is 26.2. The fourth-order valence-corrected chi connectivity index (χ4v) is 6.88. The Kier molecular flexibility index (Phi) is 7.03. The second kappa shape index (κ2) is 10.5. The molecule has 3 aliphatic rings. The highest BCUT2D eigenvalue weighted by Crippen LogP contribution is 2.43. The Morgan fingerprint density at radius 1 is 1.03 bits per heavy atom. The van der Waals surface area contributed by atoms with Crippen LogP contribution in [0.15, 0.2) is 30.3 Å². The number of ether oxygens (including phenoxy) is 1. The van der Waals surface area contributed by atoms with Gasteiger partial charge in [-0.25, -0.2) is 0 Å². The van der Waals surface area contributed by atoms with E-state index in [0.29, 0.717) is 16.7 Å². The van der Waals surface area contributed by atoms with E-state index in [-0.39, 0.29) is 24.0 Å². The molecule has 2 saturated heterocycles. The molecule has 4 heterocycles. The van der Waals surface area contributed by atoms with E-state index in [9.17, 15) is 13.2 Å². The van der Waals surface area contributed by atoms with Gasteiger partial charge in [0.2, 0.25) is 0 Å². The van der Waals surface area contributed by atoms with Gasteiger partial charge in [-0.15, -0.1) is 0 Å². The Bertz CT molecular complexity index is 1500. The van der Waals surface area contributed by atoms with Crippen LogP contribution in [0.25, 0.3) is 22.2 Å². The fraction of sp³-hybridized carbons (Fsp3) is 0.483. The number of nitrogens with zero attached hydrogens (tertiary/aromatic N) is 2. The standard InChI is InChI=1S/C29H36N4O5S/c1-37-26-16-22(27-23(17-30-29(27)34)28(26)38-39(2,35)36)25-15-20-14-19(6-7-24(20)31-25)18-32-12-8-21(9-13-32)33-10-4-3-5-11-33/h6-7,14-16,21,31H,3-5,8-13,17-18H2,1-2H3,(H,30,34). The number of methoxy groups -OCH3 is 1. The van der Waals surface area contributed by atoms with Crippen molar-refractivity contribution in [2.45, 2.75) is 51.2 Å². The second-order valence-electron chi connectivity index (χ2n) is 11.0. The van der Waals surface area contributed by atoms with Crippen molar-refractivity contribution >= 4 is 26.9 Å². The smallest absolute Gasteiger partial charge is 0.306 e. The lowest BCUT2D eigenvalue weighted by Gasteiger charge is -2.40. The van der Waals surface area contributed by atoms with E-state index in [1.54, 1.807) is 6.07 Å². The molecule has 0 saturated carbocycles. The molecule has 2 N–H and O–H groups in total. The normalized spacial score (nSPS) is 19.3. The second-order valence-corrected chi connectivity index (χ2v) is 12.6. The van der Waals surface area contributed by atoms with E-state index >= 15 is 0 Å². The maximum atomic E-state index is 12.8. The predicted molar refractivity (Wildman–Crippen MR) is 151 cm³/mol. The molecule has 0 atom stereocenters. The van der Waals surface area contributed by atoms with Crippen LogP contribution in [-0.4, -0.2) is 74.7 Å². The molecule has 0 radical (unpaired) electrons. The minimum atomic E-state index is -3.81. The van der Waals surface area contributed by atoms with E-state index in [0.717, 1.165) is 48.5 Å². The van der Waals surface area contributed by atoms with Gasteiger partial charge in [-0.3, -0.25) is 9.69 Å². The Morgan fingerprint density at radius 3 is 2.51 bits per heavy atom. The molecule has 6 rings (SSSR count). The summed E-state index contributed by atoms with van der Waals surface area (Å²) in [4.78, 5) is 21.5. The van der Waals surface area contributed by atoms with Gasteiger partial charge in [0.1, 0.15) is 0 Å². The number of rotatable bonds is 7. The highest BCUT2D eigenvalue weighted by atomic mass is 32.2. The number of amides is 1. The predicted octanol–water partition coefficient (Wildman–Crippen LogP) is 3.88. The largest absolute Gasteiger partial charge is 0.493 e. The number of carbonyl (C=O) groups excluding carboxylic acids is 1. The van der Waals surface area contributed by atoms with Gasteiger partial charge >= 0.3 is 10.1 Å². The Balaban J connectivity index is 1.24. The lowest BCUT2D eigenvalue weighted by molar-refractivity contribution is 0.0897. The lowest BCUT2D eigenvalue weighted by Crippen LogP contribution is -2.46. The van der Waals surface area contributed by atoms with Gasteiger partial charge in [-0.2, -0.15) is 8.42 Å². The Labute approximate surface area is 229 Å². The molecule has 0 aliphatic carbocycles. The number of hydrogen-bond donors (Lipinski definition) is 2. The number of fused-ring (bicyclic) bond motifs is 2. The van der Waals surface area contributed by atoms with Gasteiger partial charge < -0.3 is 24.1 Å². The molecule has 208 valence electrons. The van der Waals surface area contributed by atoms with Gasteiger partial charge in [0.15, 0.2) is 11.5 Å². The summed E-state index contributed by atoms with van der Waals surface area (Å²) < 4.78 is 34.5. The SMILES string of the molecule is COc1cc(-c2cc3cc(CN4CCC(N5CCCCC5)CC4)ccc3[nH]2)c2c(c1OS(C)(=O)=O)CNC2=O. The summed E-state index contributed by atoms with van der Waals surface area (Å²) in [6.07, 6.45) is 7.53. The minimum Gasteiger partial charge on any atom is -0.493 e. The molecule has 1 aromatic heterocycles. The zero-order valence-electron chi connectivity index (χ0n) is 22.6. The number of hydrogen-bond acceptors (Lipinski definition) is 7. The third-order valence-electron chi connectivity index (χ3n) is 8.30. The molecule has 0 spiro atoms. The monoisotopic (exact) mass is 552 g/mol. The lowest BCUT2D eigenvalue weighted by atomic mass is 9.98. The zero-order chi connectivity index (χ0) is 27.1. The maximum absolute atomic E-state index is 12.8. The summed E-state index contributed by atoms with van der Waals surface area (Å²) in [6, 6.07) is 10.9. The molecule has 2 aromatic carbocycles. The van der Waals surface area contributed by atoms with Crippen molar-refractivity contribution in [3.63, 3.8) is 0 Å². The maximum Gasteiger partial charge on any atom is 0.306 e. The van der Waals surface area contributed by atoms with Crippen LogP contribution in [0, 0.1) is 0 Å². The van der Waals surface area contributed by atoms with Crippen molar-refractivity contribution in [2.75, 3.05) is 39.5 Å². The van der Waals surface area contributed by atoms with Gasteiger partial charge in [-0.05, 0) is 81.7 Å². The Hall–Kier alpha value is -3.08. The summed E-state index contributed by atoms with van der Waals surface area (Å²) in [5.41, 5.74) is 4.53. The van der Waals surface area contributed by atoms with Crippen molar-refractivity contribution < 1.29 is 22.1 Å². The molecule has 3 aliphatic heterocycles. The first-order chi connectivity index (χ1) is 18.8. The highest BCUT2D eigenvalue weighted by molar-refractivity contribution is 7.86. The summed E-state index contributed by atoms with van der Waals surface area (Å²) in [5.74, 6) is 0.0471. The third kappa shape index (κ3) is 5.37. The zero-order valence-corrected chi connectivity index (χ0v) is 23.4. The van der Waals surface area contributed by atoms with Crippen LogP contribution < -0.4 is 14.2 Å². The first-order valence-corrected chi connectivity index (χ1v) is 15.6. The van der Waals surface area contributed by atoms with Crippen LogP contribution in [-0.2, 0) is 23.2 Å². The van der Waals surface area contributed by atoms with Crippen LogP contribution in [0.3, 0.4) is 0 Å². The van der Waals surface area contributed by atoms with Crippen LogP contribution in [0.2, 0.25) is 0 Å². The fourth-order valence-electron chi connectivity index (χ4n) is 6.40. The number of aromatic nitrogens is 1. The number of benzene rings is 2. The van der Waals surface area contributed by atoms with Crippen molar-refractivity contribution in [1.29, 1.82) is 0 Å².